The second kappa shape index (κ2) is 6.63. The Balaban J connectivity index is 2.48. The number of aromatic hydroxyl groups is 1. The normalized spacial score (nSPS) is 10.5. The van der Waals surface area contributed by atoms with Crippen molar-refractivity contribution in [3.05, 3.63) is 56.2 Å². The number of esters is 1. The average molecular weight is 456 g/mol. The number of hydrogen-bond acceptors (Lipinski definition) is 4. The highest BCUT2D eigenvalue weighted by Crippen LogP contribution is 2.31. The molecule has 0 fully saturated rings. The Morgan fingerprint density at radius 1 is 1.00 bits per heavy atom. The van der Waals surface area contributed by atoms with Gasteiger partial charge in [0.15, 0.2) is 11.6 Å². The van der Waals surface area contributed by atoms with Crippen molar-refractivity contribution in [2.75, 3.05) is 0 Å². The Morgan fingerprint density at radius 2 is 1.54 bits per heavy atom. The molecule has 2 N–H and O–H groups in total. The highest BCUT2D eigenvalue weighted by atomic mass is 127. The molecule has 0 aliphatic heterocycles. The van der Waals surface area contributed by atoms with Crippen LogP contribution < -0.4 is 4.74 Å². The van der Waals surface area contributed by atoms with Crippen LogP contribution in [0.2, 0.25) is 0 Å². The second-order valence-electron chi connectivity index (χ2n) is 4.32. The summed E-state index contributed by atoms with van der Waals surface area (Å²) in [6, 6.07) is 3.34. The molecule has 2 aromatic carbocycles. The maximum absolute atomic E-state index is 13.7. The standard InChI is InChI=1S/C14H5F4IO5/c15-8-7(13(21)22)9(16)11(18)12(10(8)17)24-14(23)4-1-2-5(19)6(20)3-4/h1-3,20H,(H,21,22). The van der Waals surface area contributed by atoms with Crippen LogP contribution in [0, 0.1) is 26.8 Å². The van der Waals surface area contributed by atoms with Gasteiger partial charge in [-0.3, -0.25) is 0 Å². The number of aromatic carboxylic acids is 1. The van der Waals surface area contributed by atoms with Crippen molar-refractivity contribution < 1.29 is 42.1 Å². The van der Waals surface area contributed by atoms with Crippen LogP contribution in [-0.4, -0.2) is 22.2 Å². The molecule has 5 nitrogen and oxygen atoms in total. The molecule has 0 aliphatic rings. The molecule has 0 amide bonds. The van der Waals surface area contributed by atoms with E-state index in [-0.39, 0.29) is 11.3 Å². The number of carbonyl (C=O) groups is 2. The number of hydrogen-bond donors (Lipinski definition) is 2. The summed E-state index contributed by atoms with van der Waals surface area (Å²) < 4.78 is 59.1. The summed E-state index contributed by atoms with van der Waals surface area (Å²) in [6.45, 7) is 0. The molecule has 0 unspecified atom stereocenters. The summed E-state index contributed by atoms with van der Waals surface area (Å²) >= 11 is 1.74. The fourth-order valence-electron chi connectivity index (χ4n) is 1.68. The SMILES string of the molecule is O=C(Oc1c(F)c(F)c(C(=O)O)c(F)c1F)c1ccc(I)c(O)c1. The first-order valence-corrected chi connectivity index (χ1v) is 7.03. The number of carboxylic acids is 1. The molecular weight excluding hydrogens is 451 g/mol. The number of rotatable bonds is 3. The number of carboxylic acid groups (broad SMARTS) is 1. The fraction of sp³-hybridized carbons (Fsp3) is 0. The number of phenols is 1. The van der Waals surface area contributed by atoms with Gasteiger partial charge in [0, 0.05) is 0 Å². The highest BCUT2D eigenvalue weighted by Gasteiger charge is 2.31. The van der Waals surface area contributed by atoms with E-state index in [0.717, 1.165) is 12.1 Å². The van der Waals surface area contributed by atoms with Gasteiger partial charge in [0.05, 0.1) is 9.13 Å². The quantitative estimate of drug-likeness (QED) is 0.243. The predicted molar refractivity (Wildman–Crippen MR) is 79.0 cm³/mol. The molecule has 0 aromatic heterocycles. The molecule has 24 heavy (non-hydrogen) atoms. The minimum absolute atomic E-state index is 0.329. The Hall–Kier alpha value is -2.37. The molecular formula is C14H5F4IO5. The third kappa shape index (κ3) is 3.13. The predicted octanol–water partition coefficient (Wildman–Crippen LogP) is 3.47. The van der Waals surface area contributed by atoms with Gasteiger partial charge in [-0.05, 0) is 40.8 Å². The van der Waals surface area contributed by atoms with E-state index >= 15 is 0 Å². The Labute approximate surface area is 144 Å². The molecule has 2 rings (SSSR count). The van der Waals surface area contributed by atoms with Gasteiger partial charge in [0.2, 0.25) is 17.4 Å². The van der Waals surface area contributed by atoms with Crippen LogP contribution in [0.5, 0.6) is 11.5 Å². The molecule has 0 saturated carbocycles. The lowest BCUT2D eigenvalue weighted by Gasteiger charge is -2.10. The smallest absolute Gasteiger partial charge is 0.343 e. The van der Waals surface area contributed by atoms with Crippen molar-refractivity contribution >= 4 is 34.5 Å². The molecule has 2 aromatic rings. The van der Waals surface area contributed by atoms with Crippen LogP contribution in [0.1, 0.15) is 20.7 Å². The Bertz CT molecular complexity index is 840. The maximum Gasteiger partial charge on any atom is 0.343 e. The zero-order valence-corrected chi connectivity index (χ0v) is 13.4. The molecule has 0 aliphatic carbocycles. The van der Waals surface area contributed by atoms with Gasteiger partial charge in [-0.15, -0.1) is 0 Å². The van der Waals surface area contributed by atoms with Gasteiger partial charge < -0.3 is 14.9 Å². The average Bonchev–Trinajstić information content (AvgIpc) is 2.52. The summed E-state index contributed by atoms with van der Waals surface area (Å²) in [6.07, 6.45) is 0. The molecule has 0 saturated heterocycles. The van der Waals surface area contributed by atoms with E-state index < -0.39 is 46.5 Å². The van der Waals surface area contributed by atoms with Gasteiger partial charge in [0.1, 0.15) is 11.3 Å². The second-order valence-corrected chi connectivity index (χ2v) is 5.48. The van der Waals surface area contributed by atoms with Crippen LogP contribution in [0.3, 0.4) is 0 Å². The Kier molecular flexibility index (Phi) is 4.96. The monoisotopic (exact) mass is 456 g/mol. The van der Waals surface area contributed by atoms with Crippen LogP contribution >= 0.6 is 22.6 Å². The molecule has 0 radical (unpaired) electrons. The number of ether oxygens (including phenoxy) is 1. The Morgan fingerprint density at radius 3 is 2.00 bits per heavy atom. The first-order chi connectivity index (χ1) is 11.1. The molecule has 0 heterocycles. The van der Waals surface area contributed by atoms with Crippen molar-refractivity contribution in [2.24, 2.45) is 0 Å². The largest absolute Gasteiger partial charge is 0.507 e. The van der Waals surface area contributed by atoms with Crippen molar-refractivity contribution in [3.8, 4) is 11.5 Å². The number of carbonyl (C=O) groups excluding carboxylic acids is 1. The molecule has 0 spiro atoms. The topological polar surface area (TPSA) is 83.8 Å². The van der Waals surface area contributed by atoms with Gasteiger partial charge in [-0.2, -0.15) is 8.78 Å². The van der Waals surface area contributed by atoms with Crippen LogP contribution in [0.4, 0.5) is 17.6 Å². The summed E-state index contributed by atoms with van der Waals surface area (Å²) in [5.41, 5.74) is -2.20. The minimum Gasteiger partial charge on any atom is -0.507 e. The number of phenolic OH excluding ortho intramolecular Hbond substituents is 1. The zero-order valence-electron chi connectivity index (χ0n) is 11.2. The van der Waals surface area contributed by atoms with Crippen molar-refractivity contribution in [1.29, 1.82) is 0 Å². The van der Waals surface area contributed by atoms with Gasteiger partial charge in [-0.1, -0.05) is 0 Å². The summed E-state index contributed by atoms with van der Waals surface area (Å²) in [5.74, 6) is -14.5. The van der Waals surface area contributed by atoms with E-state index in [9.17, 15) is 32.3 Å². The third-order valence-corrected chi connectivity index (χ3v) is 3.73. The lowest BCUT2D eigenvalue weighted by atomic mass is 10.1. The van der Waals surface area contributed by atoms with Crippen molar-refractivity contribution in [2.45, 2.75) is 0 Å². The summed E-state index contributed by atoms with van der Waals surface area (Å²) in [4.78, 5) is 22.4. The van der Waals surface area contributed by atoms with E-state index in [0.29, 0.717) is 3.57 Å². The summed E-state index contributed by atoms with van der Waals surface area (Å²) in [5, 5.41) is 18.0. The number of halogens is 5. The first-order valence-electron chi connectivity index (χ1n) is 5.95. The van der Waals surface area contributed by atoms with Crippen LogP contribution in [0.15, 0.2) is 18.2 Å². The molecule has 126 valence electrons. The van der Waals surface area contributed by atoms with Crippen LogP contribution in [0.25, 0.3) is 0 Å². The molecule has 0 atom stereocenters. The zero-order chi connectivity index (χ0) is 18.2. The number of benzene rings is 2. The summed E-state index contributed by atoms with van der Waals surface area (Å²) in [7, 11) is 0. The first kappa shape index (κ1) is 18.0. The van der Waals surface area contributed by atoms with Crippen LogP contribution in [-0.2, 0) is 0 Å². The third-order valence-electron chi connectivity index (χ3n) is 2.81. The lowest BCUT2D eigenvalue weighted by molar-refractivity contribution is 0.0682. The minimum atomic E-state index is -2.23. The van der Waals surface area contributed by atoms with E-state index in [2.05, 4.69) is 4.74 Å². The van der Waals surface area contributed by atoms with Crippen molar-refractivity contribution in [1.82, 2.24) is 0 Å². The highest BCUT2D eigenvalue weighted by molar-refractivity contribution is 14.1. The van der Waals surface area contributed by atoms with Gasteiger partial charge in [0.25, 0.3) is 0 Å². The molecule has 10 heteroatoms. The fourth-order valence-corrected chi connectivity index (χ4v) is 2.02. The van der Waals surface area contributed by atoms with E-state index in [1.54, 1.807) is 22.6 Å². The van der Waals surface area contributed by atoms with Crippen molar-refractivity contribution in [3.63, 3.8) is 0 Å². The van der Waals surface area contributed by atoms with E-state index in [1.807, 2.05) is 0 Å². The van der Waals surface area contributed by atoms with Gasteiger partial charge in [-0.25, -0.2) is 18.4 Å². The van der Waals surface area contributed by atoms with E-state index in [4.69, 9.17) is 5.11 Å². The lowest BCUT2D eigenvalue weighted by Crippen LogP contribution is -2.16. The van der Waals surface area contributed by atoms with Gasteiger partial charge >= 0.3 is 11.9 Å². The van der Waals surface area contributed by atoms with E-state index in [1.165, 1.54) is 6.07 Å². The maximum atomic E-state index is 13.7. The molecule has 0 bridgehead atoms.